The molecule has 0 saturated heterocycles. The number of hydrogen-bond donors (Lipinski definition) is 0. The Bertz CT molecular complexity index is 688. The summed E-state index contributed by atoms with van der Waals surface area (Å²) >= 11 is 0. The molecule has 0 heterocycles. The topological polar surface area (TPSA) is 26.3 Å². The normalized spacial score (nSPS) is 13.4. The van der Waals surface area contributed by atoms with E-state index >= 15 is 0 Å². The summed E-state index contributed by atoms with van der Waals surface area (Å²) in [6.07, 6.45) is 55.9. The highest BCUT2D eigenvalue weighted by Crippen LogP contribution is 2.40. The van der Waals surface area contributed by atoms with Gasteiger partial charge in [-0.3, -0.25) is 4.79 Å². The molecule has 0 saturated carbocycles. The van der Waals surface area contributed by atoms with Crippen molar-refractivity contribution in [3.63, 3.8) is 0 Å². The van der Waals surface area contributed by atoms with Crippen LogP contribution in [0.5, 0.6) is 0 Å². The molecule has 0 bridgehead atoms. The van der Waals surface area contributed by atoms with Crippen LogP contribution in [0.25, 0.3) is 0 Å². The van der Waals surface area contributed by atoms with Gasteiger partial charge in [-0.25, -0.2) is 0 Å². The van der Waals surface area contributed by atoms with Gasteiger partial charge < -0.3 is 4.74 Å². The fraction of sp³-hybridized carbons (Fsp3) is 0.980. The zero-order valence-corrected chi connectivity index (χ0v) is 37.1. The third-order valence-electron chi connectivity index (χ3n) is 12.6. The second-order valence-electron chi connectivity index (χ2n) is 17.5. The van der Waals surface area contributed by atoms with Gasteiger partial charge in [0.05, 0.1) is 12.0 Å². The maximum atomic E-state index is 13.4. The summed E-state index contributed by atoms with van der Waals surface area (Å²) in [4.78, 5) is 13.4. The van der Waals surface area contributed by atoms with Crippen LogP contribution >= 0.6 is 0 Å². The summed E-state index contributed by atoms with van der Waals surface area (Å²) < 4.78 is 5.97. The molecular formula is C50H100O2. The van der Waals surface area contributed by atoms with Crippen LogP contribution in [0.1, 0.15) is 298 Å². The van der Waals surface area contributed by atoms with Gasteiger partial charge in [-0.05, 0) is 31.6 Å². The average Bonchev–Trinajstić information content (AvgIpc) is 3.16. The minimum Gasteiger partial charge on any atom is -0.465 e. The van der Waals surface area contributed by atoms with Crippen molar-refractivity contribution in [1.82, 2.24) is 0 Å². The molecule has 2 nitrogen and oxygen atoms in total. The Balaban J connectivity index is 3.49. The molecule has 0 N–H and O–H groups in total. The number of carbonyl (C=O) groups is 1. The second-order valence-corrected chi connectivity index (χ2v) is 17.5. The van der Waals surface area contributed by atoms with E-state index in [4.69, 9.17) is 4.74 Å². The van der Waals surface area contributed by atoms with E-state index in [1.165, 1.54) is 225 Å². The van der Waals surface area contributed by atoms with Crippen molar-refractivity contribution in [1.29, 1.82) is 0 Å². The van der Waals surface area contributed by atoms with E-state index in [-0.39, 0.29) is 11.4 Å². The van der Waals surface area contributed by atoms with Crippen molar-refractivity contribution in [2.24, 2.45) is 11.3 Å². The molecule has 2 atom stereocenters. The molecule has 2 unspecified atom stereocenters. The van der Waals surface area contributed by atoms with Crippen molar-refractivity contribution in [2.75, 3.05) is 6.61 Å². The lowest BCUT2D eigenvalue weighted by Gasteiger charge is -2.34. The summed E-state index contributed by atoms with van der Waals surface area (Å²) in [5.74, 6) is 0.765. The summed E-state index contributed by atoms with van der Waals surface area (Å²) in [5.41, 5.74) is -0.255. The summed E-state index contributed by atoms with van der Waals surface area (Å²) in [5, 5.41) is 0. The molecule has 52 heavy (non-hydrogen) atoms. The SMILES string of the molecule is CCCCCCCCCCCCCCCCCCCCCCCCCCCCCCCCCCOC(=O)C(CC)(CCCC)CC(CC)CCCC. The lowest BCUT2D eigenvalue weighted by molar-refractivity contribution is -0.158. The van der Waals surface area contributed by atoms with Crippen LogP contribution in [0, 0.1) is 11.3 Å². The van der Waals surface area contributed by atoms with Crippen molar-refractivity contribution >= 4 is 5.97 Å². The molecule has 0 amide bonds. The van der Waals surface area contributed by atoms with Gasteiger partial charge >= 0.3 is 5.97 Å². The van der Waals surface area contributed by atoms with Gasteiger partial charge in [0.25, 0.3) is 0 Å². The standard InChI is InChI=1S/C50H100O2/c1-6-11-14-15-16-17-18-19-20-21-22-23-24-25-26-27-28-29-30-31-32-33-34-35-36-37-38-39-40-41-42-43-46-52-49(51)50(10-5,45-13-8-3)47-48(9-4)44-12-7-2/h48H,6-47H2,1-5H3. The molecule has 0 aromatic carbocycles. The maximum Gasteiger partial charge on any atom is 0.312 e. The molecule has 312 valence electrons. The molecule has 0 aliphatic heterocycles. The Hall–Kier alpha value is -0.530. The van der Waals surface area contributed by atoms with E-state index in [1.807, 2.05) is 0 Å². The Morgan fingerprint density at radius 2 is 0.712 bits per heavy atom. The van der Waals surface area contributed by atoms with Gasteiger partial charge in [-0.2, -0.15) is 0 Å². The van der Waals surface area contributed by atoms with Crippen LogP contribution < -0.4 is 0 Å². The first kappa shape index (κ1) is 51.5. The number of rotatable bonds is 44. The van der Waals surface area contributed by atoms with Crippen LogP contribution in [0.4, 0.5) is 0 Å². The fourth-order valence-corrected chi connectivity index (χ4v) is 8.56. The predicted molar refractivity (Wildman–Crippen MR) is 235 cm³/mol. The van der Waals surface area contributed by atoms with E-state index in [2.05, 4.69) is 34.6 Å². The predicted octanol–water partition coefficient (Wildman–Crippen LogP) is 18.2. The molecule has 0 radical (unpaired) electrons. The van der Waals surface area contributed by atoms with Crippen molar-refractivity contribution < 1.29 is 9.53 Å². The van der Waals surface area contributed by atoms with E-state index in [0.29, 0.717) is 12.5 Å². The number of ether oxygens (including phenoxy) is 1. The van der Waals surface area contributed by atoms with Crippen LogP contribution in [-0.4, -0.2) is 12.6 Å². The van der Waals surface area contributed by atoms with E-state index in [0.717, 1.165) is 38.5 Å². The monoisotopic (exact) mass is 733 g/mol. The van der Waals surface area contributed by atoms with Crippen LogP contribution in [0.15, 0.2) is 0 Å². The van der Waals surface area contributed by atoms with Crippen LogP contribution in [0.2, 0.25) is 0 Å². The number of esters is 1. The van der Waals surface area contributed by atoms with Gasteiger partial charge in [0.2, 0.25) is 0 Å². The first-order chi connectivity index (χ1) is 25.6. The van der Waals surface area contributed by atoms with E-state index in [1.54, 1.807) is 0 Å². The molecule has 0 rings (SSSR count). The third kappa shape index (κ3) is 32.9. The van der Waals surface area contributed by atoms with Crippen molar-refractivity contribution in [3.8, 4) is 0 Å². The number of hydrogen-bond acceptors (Lipinski definition) is 2. The first-order valence-electron chi connectivity index (χ1n) is 24.8. The Labute approximate surface area is 330 Å². The van der Waals surface area contributed by atoms with E-state index in [9.17, 15) is 4.79 Å². The molecule has 0 aliphatic carbocycles. The highest BCUT2D eigenvalue weighted by molar-refractivity contribution is 5.76. The summed E-state index contributed by atoms with van der Waals surface area (Å²) in [6, 6.07) is 0. The minimum atomic E-state index is -0.255. The average molecular weight is 733 g/mol. The molecule has 0 aromatic rings. The molecule has 0 aliphatic rings. The Morgan fingerprint density at radius 3 is 1.00 bits per heavy atom. The van der Waals surface area contributed by atoms with Crippen molar-refractivity contribution in [3.05, 3.63) is 0 Å². The van der Waals surface area contributed by atoms with Gasteiger partial charge in [0.15, 0.2) is 0 Å². The quantitative estimate of drug-likeness (QED) is 0.0460. The van der Waals surface area contributed by atoms with Gasteiger partial charge in [-0.1, -0.05) is 272 Å². The lowest BCUT2D eigenvalue weighted by atomic mass is 9.72. The highest BCUT2D eigenvalue weighted by Gasteiger charge is 2.39. The number of unbranched alkanes of at least 4 members (excludes halogenated alkanes) is 33. The smallest absolute Gasteiger partial charge is 0.312 e. The fourth-order valence-electron chi connectivity index (χ4n) is 8.56. The van der Waals surface area contributed by atoms with Crippen LogP contribution in [0.3, 0.4) is 0 Å². The molecule has 2 heteroatoms. The summed E-state index contributed by atoms with van der Waals surface area (Å²) in [7, 11) is 0. The lowest BCUT2D eigenvalue weighted by Crippen LogP contribution is -2.35. The maximum absolute atomic E-state index is 13.4. The van der Waals surface area contributed by atoms with Gasteiger partial charge in [0, 0.05) is 0 Å². The molecule has 0 fully saturated rings. The summed E-state index contributed by atoms with van der Waals surface area (Å²) in [6.45, 7) is 12.0. The Morgan fingerprint density at radius 1 is 0.404 bits per heavy atom. The zero-order chi connectivity index (χ0) is 38.1. The zero-order valence-electron chi connectivity index (χ0n) is 37.1. The first-order valence-corrected chi connectivity index (χ1v) is 24.8. The third-order valence-corrected chi connectivity index (χ3v) is 12.6. The number of carbonyl (C=O) groups excluding carboxylic acids is 1. The second kappa shape index (κ2) is 41.6. The highest BCUT2D eigenvalue weighted by atomic mass is 16.5. The molecule has 0 aromatic heterocycles. The van der Waals surface area contributed by atoms with E-state index < -0.39 is 0 Å². The largest absolute Gasteiger partial charge is 0.465 e. The van der Waals surface area contributed by atoms with Crippen LogP contribution in [-0.2, 0) is 9.53 Å². The van der Waals surface area contributed by atoms with Gasteiger partial charge in [-0.15, -0.1) is 0 Å². The van der Waals surface area contributed by atoms with Crippen molar-refractivity contribution in [2.45, 2.75) is 298 Å². The molecular weight excluding hydrogens is 633 g/mol. The molecule has 0 spiro atoms. The Kier molecular flexibility index (Phi) is 41.2. The minimum absolute atomic E-state index is 0.110. The van der Waals surface area contributed by atoms with Gasteiger partial charge in [0.1, 0.15) is 0 Å².